The summed E-state index contributed by atoms with van der Waals surface area (Å²) in [5.41, 5.74) is 2.20. The Bertz CT molecular complexity index is 1050. The number of rotatable bonds is 8. The zero-order chi connectivity index (χ0) is 33.8. The second-order valence-corrected chi connectivity index (χ2v) is 11.4. The van der Waals surface area contributed by atoms with Gasteiger partial charge in [0.2, 0.25) is 45.8 Å². The van der Waals surface area contributed by atoms with Crippen LogP contribution >= 0.6 is 29.7 Å². The Balaban J connectivity index is -0.000000105. The highest BCUT2D eigenvalue weighted by Crippen LogP contribution is 2.25. The maximum Gasteiger partial charge on any atom is 0.300 e. The first kappa shape index (κ1) is 65.4. The maximum atomic E-state index is 11.7. The number of hydrogen-bond acceptors (Lipinski definition) is 11. The van der Waals surface area contributed by atoms with Crippen molar-refractivity contribution in [2.24, 2.45) is 17.7 Å². The minimum atomic E-state index is -0.833. The molecule has 3 aliphatic rings. The van der Waals surface area contributed by atoms with Gasteiger partial charge in [-0.25, -0.2) is 5.84 Å². The number of carbonyl (C=O) groups is 4. The van der Waals surface area contributed by atoms with Crippen LogP contribution in [0.3, 0.4) is 0 Å². The number of Topliss-reactive ketones (excluding diaryl/α,β-unsaturated/α-hetero) is 1. The first-order valence-electron chi connectivity index (χ1n) is 15.8. The van der Waals surface area contributed by atoms with Crippen LogP contribution in [0.1, 0.15) is 99.8 Å². The van der Waals surface area contributed by atoms with Crippen molar-refractivity contribution in [3.05, 3.63) is 11.8 Å². The average Bonchev–Trinajstić information content (AvgIpc) is 3.49. The fourth-order valence-corrected chi connectivity index (χ4v) is 5.30. The molecule has 4 rings (SSSR count). The molecule has 6 unspecified atom stereocenters. The number of nitrogens with zero attached hydrogens (tertiary/aromatic N) is 5. The SMILES string of the molecule is C.C.C.C.CC(=O)O.C[B]N1CCCC(C(=O)NCC(C)=O)C1.C[B]N1CCCC(C(=O)NN)C1.C[B]N1CCCC(c2nnc(C)o2)C1.P.P.P. The Kier molecular flexibility index (Phi) is 47.6. The zero-order valence-corrected chi connectivity index (χ0v) is 34.3. The summed E-state index contributed by atoms with van der Waals surface area (Å²) < 4.78 is 5.45. The summed E-state index contributed by atoms with van der Waals surface area (Å²) in [6.45, 7) is 16.4. The highest BCUT2D eigenvalue weighted by molar-refractivity contribution is 6.92. The first-order chi connectivity index (χ1) is 21.4. The molecule has 5 N–H and O–H groups in total. The van der Waals surface area contributed by atoms with Crippen LogP contribution in [0.2, 0.25) is 20.5 Å². The molecule has 0 aromatic carbocycles. The third-order valence-electron chi connectivity index (χ3n) is 7.74. The minimum absolute atomic E-state index is 0. The molecule has 3 aliphatic heterocycles. The van der Waals surface area contributed by atoms with Gasteiger partial charge < -0.3 is 29.3 Å². The molecule has 0 spiro atoms. The number of carboxylic acids is 1. The molecule has 0 aliphatic carbocycles. The number of nitrogens with two attached hydrogens (primary N) is 1. The van der Waals surface area contributed by atoms with Gasteiger partial charge >= 0.3 is 0 Å². The van der Waals surface area contributed by atoms with Crippen LogP contribution < -0.4 is 16.6 Å². The van der Waals surface area contributed by atoms with Crippen molar-refractivity contribution in [2.45, 2.75) is 115 Å². The molecular weight excluding hydrogens is 718 g/mol. The first-order valence-corrected chi connectivity index (χ1v) is 15.8. The molecule has 3 fully saturated rings. The van der Waals surface area contributed by atoms with Crippen LogP contribution in [-0.2, 0) is 19.2 Å². The smallest absolute Gasteiger partial charge is 0.300 e. The molecule has 0 saturated carbocycles. The zero-order valence-electron chi connectivity index (χ0n) is 30.1. The van der Waals surface area contributed by atoms with Crippen molar-refractivity contribution in [3.8, 4) is 0 Å². The van der Waals surface area contributed by atoms with E-state index in [9.17, 15) is 14.4 Å². The predicted octanol–water partition coefficient (Wildman–Crippen LogP) is 3.46. The van der Waals surface area contributed by atoms with Crippen molar-refractivity contribution < 1.29 is 28.7 Å². The lowest BCUT2D eigenvalue weighted by atomic mass is 9.87. The van der Waals surface area contributed by atoms with Crippen molar-refractivity contribution >= 4 is 75.5 Å². The van der Waals surface area contributed by atoms with Crippen LogP contribution in [0.5, 0.6) is 0 Å². The number of carbonyl (C=O) groups excluding carboxylic acids is 3. The lowest BCUT2D eigenvalue weighted by molar-refractivity contribution is -0.134. The summed E-state index contributed by atoms with van der Waals surface area (Å²) >= 11 is 0. The van der Waals surface area contributed by atoms with Crippen LogP contribution in [0.25, 0.3) is 0 Å². The number of aromatic nitrogens is 2. The van der Waals surface area contributed by atoms with Gasteiger partial charge in [-0.15, -0.1) is 10.2 Å². The summed E-state index contributed by atoms with van der Waals surface area (Å²) in [5, 5.41) is 18.0. The van der Waals surface area contributed by atoms with Crippen molar-refractivity contribution in [1.82, 2.24) is 35.4 Å². The van der Waals surface area contributed by atoms with Crippen LogP contribution in [0.15, 0.2) is 4.42 Å². The Morgan fingerprint density at radius 3 is 1.54 bits per heavy atom. The number of nitrogens with one attached hydrogen (secondary N) is 2. The Labute approximate surface area is 329 Å². The molecule has 4 heterocycles. The molecule has 1 aromatic heterocycles. The lowest BCUT2D eigenvalue weighted by Crippen LogP contribution is -2.45. The molecular formula is C32H77B3N8O6P3. The third-order valence-corrected chi connectivity index (χ3v) is 7.74. The van der Waals surface area contributed by atoms with E-state index < -0.39 is 5.97 Å². The summed E-state index contributed by atoms with van der Waals surface area (Å²) in [6.07, 6.45) is 6.36. The topological polar surface area (TPSA) is 187 Å². The molecule has 14 nitrogen and oxygen atoms in total. The second-order valence-electron chi connectivity index (χ2n) is 11.4. The quantitative estimate of drug-likeness (QED) is 0.0989. The average molecular weight is 795 g/mol. The van der Waals surface area contributed by atoms with Gasteiger partial charge in [0, 0.05) is 25.7 Å². The maximum absolute atomic E-state index is 11.7. The summed E-state index contributed by atoms with van der Waals surface area (Å²) in [4.78, 5) is 49.2. The normalized spacial score (nSPS) is 19.0. The van der Waals surface area contributed by atoms with Gasteiger partial charge in [0.15, 0.2) is 0 Å². The van der Waals surface area contributed by atoms with Gasteiger partial charge in [0.1, 0.15) is 5.78 Å². The van der Waals surface area contributed by atoms with Gasteiger partial charge in [-0.1, -0.05) is 50.2 Å². The van der Waals surface area contributed by atoms with E-state index in [1.807, 2.05) is 35.4 Å². The number of aliphatic carboxylic acids is 1. The summed E-state index contributed by atoms with van der Waals surface area (Å²) in [7, 11) is 6.18. The van der Waals surface area contributed by atoms with E-state index in [2.05, 4.69) is 49.6 Å². The van der Waals surface area contributed by atoms with E-state index in [0.717, 1.165) is 84.2 Å². The number of aryl methyl sites for hydroxylation is 1. The summed E-state index contributed by atoms with van der Waals surface area (Å²) in [5.74, 6) is 6.19. The largest absolute Gasteiger partial charge is 0.481 e. The molecule has 52 heavy (non-hydrogen) atoms. The molecule has 1 aromatic rings. The monoisotopic (exact) mass is 796 g/mol. The number of hydrazine groups is 1. The molecule has 3 saturated heterocycles. The molecule has 2 amide bonds. The molecule has 305 valence electrons. The van der Waals surface area contributed by atoms with Crippen LogP contribution in [0, 0.1) is 18.8 Å². The van der Waals surface area contributed by atoms with Crippen molar-refractivity contribution in [2.75, 3.05) is 45.8 Å². The van der Waals surface area contributed by atoms with Gasteiger partial charge in [-0.3, -0.25) is 24.6 Å². The van der Waals surface area contributed by atoms with E-state index in [0.29, 0.717) is 11.8 Å². The molecule has 6 atom stereocenters. The van der Waals surface area contributed by atoms with E-state index in [-0.39, 0.29) is 95.4 Å². The number of hydrogen-bond donors (Lipinski definition) is 4. The molecule has 3 radical (unpaired) electrons. The Morgan fingerprint density at radius 2 is 1.17 bits per heavy atom. The highest BCUT2D eigenvalue weighted by atomic mass is 31.0. The number of carboxylic acid groups (broad SMARTS) is 1. The molecule has 20 heteroatoms. The van der Waals surface area contributed by atoms with Crippen molar-refractivity contribution in [3.63, 3.8) is 0 Å². The third kappa shape index (κ3) is 28.1. The fraction of sp³-hybridized carbons (Fsp3) is 0.812. The number of piperidine rings is 3. The second kappa shape index (κ2) is 37.8. The minimum Gasteiger partial charge on any atom is -0.481 e. The van der Waals surface area contributed by atoms with E-state index >= 15 is 0 Å². The van der Waals surface area contributed by atoms with Gasteiger partial charge in [0.25, 0.3) is 5.97 Å². The Hall–Kier alpha value is -1.46. The van der Waals surface area contributed by atoms with Crippen molar-refractivity contribution in [1.29, 1.82) is 0 Å². The van der Waals surface area contributed by atoms with Crippen LogP contribution in [-0.4, -0.2) is 121 Å². The lowest BCUT2D eigenvalue weighted by Gasteiger charge is -2.30. The standard InChI is InChI=1S/C10H18BN2O2.C9H15BN3O.C7H15BN3O.C2H4O2.4CH4.3H3P/c1-8(14)6-12-10(15)9-4-3-5-13(7-9)11-2;1-7-11-12-9(14-7)8-4-3-5-13(6-8)10-2;1-8-11-4-2-3-6(5-11)7(12)10-9;1-2(3)4;;;;;;;/h9H,3-7H2,1-2H3,(H,12,15);8H,3-6H2,1-2H3;6H,2-5,9H2,1H3,(H,10,12);1H3,(H,3,4);4*1H4;3*1H3. The van der Waals surface area contributed by atoms with E-state index in [1.54, 1.807) is 0 Å². The van der Waals surface area contributed by atoms with E-state index in [1.165, 1.54) is 13.3 Å². The van der Waals surface area contributed by atoms with Crippen LogP contribution in [0.4, 0.5) is 0 Å². The number of amides is 2. The highest BCUT2D eigenvalue weighted by Gasteiger charge is 2.26. The van der Waals surface area contributed by atoms with Gasteiger partial charge in [-0.2, -0.15) is 29.7 Å². The van der Waals surface area contributed by atoms with E-state index in [4.69, 9.17) is 20.2 Å². The summed E-state index contributed by atoms with van der Waals surface area (Å²) in [6, 6.07) is 0. The molecule has 0 bridgehead atoms. The van der Waals surface area contributed by atoms with Gasteiger partial charge in [0.05, 0.1) is 12.5 Å². The van der Waals surface area contributed by atoms with Gasteiger partial charge in [-0.05, 0) is 84.7 Å². The predicted molar refractivity (Wildman–Crippen MR) is 236 cm³/mol. The Morgan fingerprint density at radius 1 is 0.769 bits per heavy atom. The number of ketones is 1. The fourth-order valence-electron chi connectivity index (χ4n) is 5.30.